The second kappa shape index (κ2) is 11.7. The van der Waals surface area contributed by atoms with E-state index in [2.05, 4.69) is 15.9 Å². The fraction of sp³-hybridized carbons (Fsp3) is 0.400. The molecule has 0 spiro atoms. The van der Waals surface area contributed by atoms with Crippen molar-refractivity contribution < 1.29 is 27.9 Å². The van der Waals surface area contributed by atoms with Gasteiger partial charge in [-0.2, -0.15) is 4.31 Å². The Bertz CT molecular complexity index is 980. The zero-order valence-corrected chi connectivity index (χ0v) is 19.6. The van der Waals surface area contributed by atoms with E-state index in [0.29, 0.717) is 12.8 Å². The molecule has 0 heterocycles. The smallest absolute Gasteiger partial charge is 0.269 e. The van der Waals surface area contributed by atoms with Crippen molar-refractivity contribution in [2.24, 2.45) is 0 Å². The number of nitro groups is 1. The number of sulfonamides is 1. The van der Waals surface area contributed by atoms with Crippen LogP contribution in [0.25, 0.3) is 0 Å². The number of rotatable bonds is 12. The normalized spacial score (nSPS) is 11.9. The fourth-order valence-corrected chi connectivity index (χ4v) is 5.01. The van der Waals surface area contributed by atoms with E-state index in [4.69, 9.17) is 9.47 Å². The Morgan fingerprint density at radius 2 is 1.68 bits per heavy atom. The highest BCUT2D eigenvalue weighted by atomic mass is 79.9. The van der Waals surface area contributed by atoms with Crippen molar-refractivity contribution in [3.63, 3.8) is 0 Å². The quantitative estimate of drug-likeness (QED) is 0.261. The van der Waals surface area contributed by atoms with Gasteiger partial charge in [0.05, 0.1) is 16.4 Å². The van der Waals surface area contributed by atoms with E-state index in [1.54, 1.807) is 0 Å². The van der Waals surface area contributed by atoms with Crippen LogP contribution in [0, 0.1) is 10.1 Å². The first-order valence-corrected chi connectivity index (χ1v) is 11.6. The number of aliphatic hydroxyl groups is 1. The van der Waals surface area contributed by atoms with Crippen LogP contribution in [0.2, 0.25) is 0 Å². The third-order valence-corrected chi connectivity index (χ3v) is 6.97. The monoisotopic (exact) mass is 516 g/mol. The minimum atomic E-state index is -3.96. The van der Waals surface area contributed by atoms with E-state index >= 15 is 0 Å². The van der Waals surface area contributed by atoms with Crippen LogP contribution in [0.4, 0.5) is 5.69 Å². The van der Waals surface area contributed by atoms with Crippen molar-refractivity contribution in [2.75, 3.05) is 33.9 Å². The highest BCUT2D eigenvalue weighted by Crippen LogP contribution is 2.22. The van der Waals surface area contributed by atoms with Crippen molar-refractivity contribution in [3.05, 3.63) is 68.2 Å². The highest BCUT2D eigenvalue weighted by Gasteiger charge is 2.28. The maximum Gasteiger partial charge on any atom is 0.269 e. The summed E-state index contributed by atoms with van der Waals surface area (Å²) in [5.41, 5.74) is 1.64. The van der Waals surface area contributed by atoms with Crippen LogP contribution in [-0.2, 0) is 32.3 Å². The molecule has 170 valence electrons. The fourth-order valence-electron chi connectivity index (χ4n) is 3.00. The maximum atomic E-state index is 13.2. The van der Waals surface area contributed by atoms with Gasteiger partial charge in [-0.05, 0) is 48.2 Å². The summed E-state index contributed by atoms with van der Waals surface area (Å²) in [7, 11) is -1.13. The average molecular weight is 517 g/mol. The first-order chi connectivity index (χ1) is 14.7. The summed E-state index contributed by atoms with van der Waals surface area (Å²) in [6.07, 6.45) is 0.122. The molecule has 31 heavy (non-hydrogen) atoms. The average Bonchev–Trinajstić information content (AvgIpc) is 2.73. The summed E-state index contributed by atoms with van der Waals surface area (Å²) in [5.74, 6) is 0. The Morgan fingerprint density at radius 1 is 1.10 bits per heavy atom. The zero-order valence-electron chi connectivity index (χ0n) is 17.2. The van der Waals surface area contributed by atoms with Gasteiger partial charge < -0.3 is 14.6 Å². The molecule has 2 rings (SSSR count). The number of nitrogens with zero attached hydrogens (tertiary/aromatic N) is 2. The van der Waals surface area contributed by atoms with Crippen LogP contribution in [0.15, 0.2) is 51.8 Å². The number of halogens is 1. The van der Waals surface area contributed by atoms with E-state index in [1.807, 2.05) is 18.2 Å². The second-order valence-electron chi connectivity index (χ2n) is 6.71. The topological polar surface area (TPSA) is 119 Å². The van der Waals surface area contributed by atoms with Gasteiger partial charge in [0.2, 0.25) is 10.0 Å². The van der Waals surface area contributed by atoms with E-state index in [-0.39, 0.29) is 30.3 Å². The van der Waals surface area contributed by atoms with Gasteiger partial charge in [-0.25, -0.2) is 8.42 Å². The largest absolute Gasteiger partial charge is 0.396 e. The molecular formula is C20H25BrN2O7S. The van der Waals surface area contributed by atoms with Crippen LogP contribution in [0.5, 0.6) is 0 Å². The molecule has 0 amide bonds. The van der Waals surface area contributed by atoms with E-state index in [9.17, 15) is 23.6 Å². The lowest BCUT2D eigenvalue weighted by Gasteiger charge is -2.26. The molecule has 0 saturated carbocycles. The predicted octanol–water partition coefficient (Wildman–Crippen LogP) is 2.74. The predicted molar refractivity (Wildman–Crippen MR) is 118 cm³/mol. The zero-order chi connectivity index (χ0) is 23.0. The lowest BCUT2D eigenvalue weighted by molar-refractivity contribution is -0.384. The molecule has 0 aromatic heterocycles. The van der Waals surface area contributed by atoms with Crippen LogP contribution in [0.3, 0.4) is 0 Å². The van der Waals surface area contributed by atoms with E-state index in [0.717, 1.165) is 27.7 Å². The molecule has 9 nitrogen and oxygen atoms in total. The lowest BCUT2D eigenvalue weighted by Crippen LogP contribution is -2.40. The van der Waals surface area contributed by atoms with E-state index < -0.39 is 21.2 Å². The van der Waals surface area contributed by atoms with Gasteiger partial charge in [-0.3, -0.25) is 10.1 Å². The Kier molecular flexibility index (Phi) is 9.54. The third-order valence-electron chi connectivity index (χ3n) is 4.63. The lowest BCUT2D eigenvalue weighted by atomic mass is 10.1. The first-order valence-electron chi connectivity index (χ1n) is 9.40. The molecule has 0 bridgehead atoms. The van der Waals surface area contributed by atoms with E-state index in [1.165, 1.54) is 30.7 Å². The molecule has 0 saturated heterocycles. The summed E-state index contributed by atoms with van der Waals surface area (Å²) in [5, 5.41) is 20.1. The molecule has 0 aliphatic heterocycles. The number of hydrogen-bond acceptors (Lipinski definition) is 7. The highest BCUT2D eigenvalue weighted by molar-refractivity contribution is 9.10. The van der Waals surface area contributed by atoms with Crippen LogP contribution in [-0.4, -0.2) is 63.0 Å². The van der Waals surface area contributed by atoms with Crippen LogP contribution < -0.4 is 0 Å². The van der Waals surface area contributed by atoms with Gasteiger partial charge in [0.1, 0.15) is 0 Å². The molecule has 0 atom stereocenters. The van der Waals surface area contributed by atoms with Crippen LogP contribution in [0.1, 0.15) is 11.1 Å². The SMILES string of the molecule is COC(CN(CCc1cc(Br)cc(CCO)c1)S(=O)(=O)c1ccc([N+](=O)[O-])cc1)OC. The van der Waals surface area contributed by atoms with Gasteiger partial charge in [0.15, 0.2) is 6.29 Å². The van der Waals surface area contributed by atoms with Crippen molar-refractivity contribution in [1.29, 1.82) is 0 Å². The standard InChI is InChI=1S/C20H25BrN2O7S/c1-29-20(30-2)14-22(9-7-15-11-16(8-10-24)13-17(21)12-15)31(27,28)19-5-3-18(4-6-19)23(25)26/h3-6,11-13,20,24H,7-10,14H2,1-2H3. The molecule has 0 unspecified atom stereocenters. The Morgan fingerprint density at radius 3 is 2.19 bits per heavy atom. The summed E-state index contributed by atoms with van der Waals surface area (Å²) in [6.45, 7) is 0.0985. The van der Waals surface area contributed by atoms with Gasteiger partial charge in [0.25, 0.3) is 5.69 Å². The first kappa shape index (κ1) is 25.4. The Balaban J connectivity index is 2.30. The van der Waals surface area contributed by atoms with Gasteiger partial charge in [0, 0.05) is 44.0 Å². The molecule has 2 aromatic carbocycles. The number of methoxy groups -OCH3 is 2. The maximum absolute atomic E-state index is 13.2. The molecule has 0 radical (unpaired) electrons. The summed E-state index contributed by atoms with van der Waals surface area (Å²) in [4.78, 5) is 10.2. The van der Waals surface area contributed by atoms with Crippen molar-refractivity contribution >= 4 is 31.6 Å². The van der Waals surface area contributed by atoms with Crippen molar-refractivity contribution in [1.82, 2.24) is 4.31 Å². The minimum Gasteiger partial charge on any atom is -0.396 e. The minimum absolute atomic E-state index is 0.0138. The number of hydrogen-bond donors (Lipinski definition) is 1. The van der Waals surface area contributed by atoms with Crippen molar-refractivity contribution in [2.45, 2.75) is 24.0 Å². The summed E-state index contributed by atoms with van der Waals surface area (Å²) >= 11 is 3.44. The number of aliphatic hydroxyl groups excluding tert-OH is 1. The Hall–Kier alpha value is -1.89. The van der Waals surface area contributed by atoms with Gasteiger partial charge >= 0.3 is 0 Å². The molecule has 1 N–H and O–H groups in total. The molecule has 2 aromatic rings. The third kappa shape index (κ3) is 7.06. The molecule has 0 aliphatic rings. The van der Waals surface area contributed by atoms with Crippen molar-refractivity contribution in [3.8, 4) is 0 Å². The second-order valence-corrected chi connectivity index (χ2v) is 9.56. The molecule has 11 heteroatoms. The van der Waals surface area contributed by atoms with Crippen LogP contribution >= 0.6 is 15.9 Å². The number of nitro benzene ring substituents is 1. The molecular weight excluding hydrogens is 492 g/mol. The van der Waals surface area contributed by atoms with Gasteiger partial charge in [-0.15, -0.1) is 0 Å². The Labute approximate surface area is 189 Å². The number of ether oxygens (including phenoxy) is 2. The van der Waals surface area contributed by atoms with Gasteiger partial charge in [-0.1, -0.05) is 22.0 Å². The molecule has 0 fully saturated rings. The summed E-state index contributed by atoms with van der Waals surface area (Å²) in [6, 6.07) is 10.5. The summed E-state index contributed by atoms with van der Waals surface area (Å²) < 4.78 is 38.9. The number of benzene rings is 2. The molecule has 0 aliphatic carbocycles. The number of non-ortho nitro benzene ring substituents is 1.